The highest BCUT2D eigenvalue weighted by molar-refractivity contribution is 5.33. The number of ether oxygens (including phenoxy) is 2. The van der Waals surface area contributed by atoms with Gasteiger partial charge in [-0.2, -0.15) is 0 Å². The number of hydrogen-bond donors (Lipinski definition) is 2. The third-order valence-electron chi connectivity index (χ3n) is 3.01. The van der Waals surface area contributed by atoms with E-state index in [0.29, 0.717) is 25.6 Å². The van der Waals surface area contributed by atoms with Crippen LogP contribution in [0.1, 0.15) is 18.4 Å². The highest BCUT2D eigenvalue weighted by Gasteiger charge is 2.16. The number of nitrogens with one attached hydrogen (secondary N) is 1. The molecule has 0 radical (unpaired) electrons. The molecule has 1 atom stereocenters. The van der Waals surface area contributed by atoms with E-state index in [1.165, 1.54) is 0 Å². The summed E-state index contributed by atoms with van der Waals surface area (Å²) in [5.41, 5.74) is 3.44. The molecule has 7 nitrogen and oxygen atoms in total. The summed E-state index contributed by atoms with van der Waals surface area (Å²) in [5.74, 6) is 6.77. The number of aryl methyl sites for hydroxylation is 1. The number of anilines is 1. The Morgan fingerprint density at radius 1 is 1.35 bits per heavy atom. The molecule has 0 aliphatic rings. The zero-order chi connectivity index (χ0) is 15.0. The SMILES string of the molecule is COCCN(Cc1nc(C)cc(NN)n1)C(C)COC. The molecular weight excluding hydrogens is 258 g/mol. The lowest BCUT2D eigenvalue weighted by Gasteiger charge is -2.27. The molecule has 1 aromatic heterocycles. The molecule has 0 aliphatic carbocycles. The maximum Gasteiger partial charge on any atom is 0.145 e. The van der Waals surface area contributed by atoms with E-state index in [2.05, 4.69) is 27.2 Å². The average molecular weight is 283 g/mol. The summed E-state index contributed by atoms with van der Waals surface area (Å²) >= 11 is 0. The molecule has 0 amide bonds. The van der Waals surface area contributed by atoms with Gasteiger partial charge in [0.2, 0.25) is 0 Å². The average Bonchev–Trinajstić information content (AvgIpc) is 2.42. The van der Waals surface area contributed by atoms with E-state index in [1.54, 1.807) is 14.2 Å². The van der Waals surface area contributed by atoms with Gasteiger partial charge in [0.1, 0.15) is 11.6 Å². The quantitative estimate of drug-likeness (QED) is 0.505. The molecule has 1 heterocycles. The first-order chi connectivity index (χ1) is 9.60. The number of aromatic nitrogens is 2. The van der Waals surface area contributed by atoms with Crippen LogP contribution in [0.2, 0.25) is 0 Å². The summed E-state index contributed by atoms with van der Waals surface area (Å²) < 4.78 is 10.4. The predicted molar refractivity (Wildman–Crippen MR) is 78.2 cm³/mol. The highest BCUT2D eigenvalue weighted by atomic mass is 16.5. The van der Waals surface area contributed by atoms with Crippen LogP contribution >= 0.6 is 0 Å². The molecular formula is C13H25N5O2. The second-order valence-electron chi connectivity index (χ2n) is 4.72. The molecule has 1 unspecified atom stereocenters. The van der Waals surface area contributed by atoms with Crippen molar-refractivity contribution in [3.05, 3.63) is 17.6 Å². The monoisotopic (exact) mass is 283 g/mol. The predicted octanol–water partition coefficient (Wildman–Crippen LogP) is 0.554. The minimum absolute atomic E-state index is 0.258. The fourth-order valence-corrected chi connectivity index (χ4v) is 1.97. The van der Waals surface area contributed by atoms with Gasteiger partial charge in [0.15, 0.2) is 0 Å². The van der Waals surface area contributed by atoms with Crippen LogP contribution in [0.25, 0.3) is 0 Å². The minimum atomic E-state index is 0.258. The Balaban J connectivity index is 2.79. The van der Waals surface area contributed by atoms with Crippen molar-refractivity contribution < 1.29 is 9.47 Å². The van der Waals surface area contributed by atoms with E-state index < -0.39 is 0 Å². The third-order valence-corrected chi connectivity index (χ3v) is 3.01. The summed E-state index contributed by atoms with van der Waals surface area (Å²) in [6.45, 7) is 6.76. The summed E-state index contributed by atoms with van der Waals surface area (Å²) in [7, 11) is 3.39. The Kier molecular flexibility index (Phi) is 7.38. The molecule has 0 saturated heterocycles. The van der Waals surface area contributed by atoms with Gasteiger partial charge in [-0.1, -0.05) is 0 Å². The number of methoxy groups -OCH3 is 2. The van der Waals surface area contributed by atoms with Gasteiger partial charge >= 0.3 is 0 Å². The molecule has 0 fully saturated rings. The van der Waals surface area contributed by atoms with Crippen molar-refractivity contribution in [3.63, 3.8) is 0 Å². The second-order valence-corrected chi connectivity index (χ2v) is 4.72. The zero-order valence-corrected chi connectivity index (χ0v) is 12.7. The summed E-state index contributed by atoms with van der Waals surface area (Å²) in [5, 5.41) is 0. The van der Waals surface area contributed by atoms with E-state index in [4.69, 9.17) is 15.3 Å². The summed E-state index contributed by atoms with van der Waals surface area (Å²) in [6.07, 6.45) is 0. The number of nitrogen functional groups attached to an aromatic ring is 1. The van der Waals surface area contributed by atoms with E-state index in [0.717, 1.165) is 18.1 Å². The molecule has 3 N–H and O–H groups in total. The molecule has 0 aromatic carbocycles. The Hall–Kier alpha value is -1.28. The normalized spacial score (nSPS) is 12.7. The second kappa shape index (κ2) is 8.80. The van der Waals surface area contributed by atoms with Gasteiger partial charge in [-0.05, 0) is 13.8 Å². The van der Waals surface area contributed by atoms with Crippen LogP contribution in [-0.2, 0) is 16.0 Å². The van der Waals surface area contributed by atoms with Gasteiger partial charge in [-0.25, -0.2) is 15.8 Å². The number of nitrogens with two attached hydrogens (primary N) is 1. The molecule has 0 saturated carbocycles. The lowest BCUT2D eigenvalue weighted by Crippen LogP contribution is -2.38. The van der Waals surface area contributed by atoms with E-state index in [-0.39, 0.29) is 6.04 Å². The van der Waals surface area contributed by atoms with E-state index in [1.807, 2.05) is 13.0 Å². The maximum atomic E-state index is 5.41. The largest absolute Gasteiger partial charge is 0.383 e. The smallest absolute Gasteiger partial charge is 0.145 e. The Labute approximate surface area is 120 Å². The Morgan fingerprint density at radius 2 is 2.10 bits per heavy atom. The van der Waals surface area contributed by atoms with Gasteiger partial charge in [0, 0.05) is 38.6 Å². The van der Waals surface area contributed by atoms with Gasteiger partial charge < -0.3 is 14.9 Å². The van der Waals surface area contributed by atoms with Gasteiger partial charge in [0.05, 0.1) is 19.8 Å². The van der Waals surface area contributed by atoms with Crippen LogP contribution in [0, 0.1) is 6.92 Å². The molecule has 1 rings (SSSR count). The third kappa shape index (κ3) is 5.38. The van der Waals surface area contributed by atoms with Crippen molar-refractivity contribution in [1.82, 2.24) is 14.9 Å². The standard InChI is InChI=1S/C13H25N5O2/c1-10-7-12(17-14)16-13(15-10)8-18(5-6-19-3)11(2)9-20-4/h7,11H,5-6,8-9,14H2,1-4H3,(H,15,16,17). The fraction of sp³-hybridized carbons (Fsp3) is 0.692. The van der Waals surface area contributed by atoms with Crippen molar-refractivity contribution in [1.29, 1.82) is 0 Å². The van der Waals surface area contributed by atoms with Crippen LogP contribution < -0.4 is 11.3 Å². The van der Waals surface area contributed by atoms with Crippen LogP contribution in [0.15, 0.2) is 6.07 Å². The maximum absolute atomic E-state index is 5.41. The number of hydrazine groups is 1. The van der Waals surface area contributed by atoms with Crippen molar-refractivity contribution in [2.75, 3.05) is 39.4 Å². The number of rotatable bonds is 9. The summed E-state index contributed by atoms with van der Waals surface area (Å²) in [4.78, 5) is 11.0. The first kappa shape index (κ1) is 16.8. The first-order valence-electron chi connectivity index (χ1n) is 6.63. The first-order valence-corrected chi connectivity index (χ1v) is 6.63. The van der Waals surface area contributed by atoms with Crippen molar-refractivity contribution in [2.24, 2.45) is 5.84 Å². The highest BCUT2D eigenvalue weighted by Crippen LogP contribution is 2.09. The van der Waals surface area contributed by atoms with E-state index in [9.17, 15) is 0 Å². The van der Waals surface area contributed by atoms with Crippen LogP contribution in [0.3, 0.4) is 0 Å². The molecule has 7 heteroatoms. The van der Waals surface area contributed by atoms with Crippen LogP contribution in [0.5, 0.6) is 0 Å². The number of hydrogen-bond acceptors (Lipinski definition) is 7. The van der Waals surface area contributed by atoms with Gasteiger partial charge in [-0.3, -0.25) is 4.90 Å². The number of nitrogens with zero attached hydrogens (tertiary/aromatic N) is 3. The van der Waals surface area contributed by atoms with Crippen molar-refractivity contribution in [3.8, 4) is 0 Å². The summed E-state index contributed by atoms with van der Waals surface area (Å²) in [6, 6.07) is 2.07. The zero-order valence-electron chi connectivity index (χ0n) is 12.7. The Bertz CT molecular complexity index is 402. The molecule has 0 aliphatic heterocycles. The van der Waals surface area contributed by atoms with Crippen molar-refractivity contribution in [2.45, 2.75) is 26.4 Å². The minimum Gasteiger partial charge on any atom is -0.383 e. The topological polar surface area (TPSA) is 85.5 Å². The molecule has 0 bridgehead atoms. The fourth-order valence-electron chi connectivity index (χ4n) is 1.97. The van der Waals surface area contributed by atoms with E-state index >= 15 is 0 Å². The van der Waals surface area contributed by atoms with Crippen LogP contribution in [-0.4, -0.2) is 54.9 Å². The molecule has 20 heavy (non-hydrogen) atoms. The van der Waals surface area contributed by atoms with Crippen LogP contribution in [0.4, 0.5) is 5.82 Å². The van der Waals surface area contributed by atoms with Gasteiger partial charge in [0.25, 0.3) is 0 Å². The van der Waals surface area contributed by atoms with Gasteiger partial charge in [-0.15, -0.1) is 0 Å². The molecule has 0 spiro atoms. The molecule has 114 valence electrons. The Morgan fingerprint density at radius 3 is 2.70 bits per heavy atom. The van der Waals surface area contributed by atoms with Crippen molar-refractivity contribution >= 4 is 5.82 Å². The molecule has 1 aromatic rings. The lowest BCUT2D eigenvalue weighted by atomic mass is 10.3. The lowest BCUT2D eigenvalue weighted by molar-refractivity contribution is 0.0689.